The first-order chi connectivity index (χ1) is 14.2. The summed E-state index contributed by atoms with van der Waals surface area (Å²) >= 11 is 3.69. The minimum Gasteiger partial charge on any atom is -0.374 e. The van der Waals surface area contributed by atoms with Gasteiger partial charge in [0.2, 0.25) is 17.9 Å². The second-order valence-corrected chi connectivity index (χ2v) is 7.91. The van der Waals surface area contributed by atoms with Crippen molar-refractivity contribution in [3.05, 3.63) is 81.6 Å². The number of anilines is 1. The molecule has 0 spiro atoms. The van der Waals surface area contributed by atoms with Gasteiger partial charge in [0.1, 0.15) is 0 Å². The fourth-order valence-corrected chi connectivity index (χ4v) is 4.43. The van der Waals surface area contributed by atoms with Crippen molar-refractivity contribution in [1.82, 2.24) is 0 Å². The zero-order valence-electron chi connectivity index (χ0n) is 16.2. The van der Waals surface area contributed by atoms with Crippen molar-refractivity contribution in [2.45, 2.75) is 6.42 Å². The Bertz CT molecular complexity index is 1210. The third-order valence-electron chi connectivity index (χ3n) is 5.34. The monoisotopic (exact) mass is 443 g/mol. The lowest BCUT2D eigenvalue weighted by atomic mass is 9.98. The van der Waals surface area contributed by atoms with Crippen LogP contribution in [0.15, 0.2) is 59.1 Å². The third kappa shape index (κ3) is 3.39. The SMILES string of the molecule is [C-]#[N+]CC[N+]1=C(c2cccc(N(C)CCC#N)c2)c2cccc3c(Br)ccc1c23. The molecule has 0 N–H and O–H groups in total. The van der Waals surface area contributed by atoms with Crippen LogP contribution >= 0.6 is 15.9 Å². The molecule has 0 atom stereocenters. The summed E-state index contributed by atoms with van der Waals surface area (Å²) in [4.78, 5) is 5.71. The number of nitrogens with zero attached hydrogens (tertiary/aromatic N) is 4. The Morgan fingerprint density at radius 3 is 2.79 bits per heavy atom. The van der Waals surface area contributed by atoms with Gasteiger partial charge < -0.3 is 9.74 Å². The molecule has 3 aromatic carbocycles. The molecule has 0 fully saturated rings. The number of hydrogen-bond acceptors (Lipinski definition) is 2. The van der Waals surface area contributed by atoms with E-state index in [2.05, 4.69) is 90.9 Å². The van der Waals surface area contributed by atoms with E-state index in [0.29, 0.717) is 26.1 Å². The molecule has 0 unspecified atom stereocenters. The van der Waals surface area contributed by atoms with Crippen LogP contribution in [0.2, 0.25) is 0 Å². The Kier molecular flexibility index (Phi) is 5.34. The molecule has 0 aliphatic carbocycles. The summed E-state index contributed by atoms with van der Waals surface area (Å²) in [5.74, 6) is 0. The maximum Gasteiger partial charge on any atom is 0.272 e. The number of nitriles is 1. The van der Waals surface area contributed by atoms with E-state index < -0.39 is 0 Å². The van der Waals surface area contributed by atoms with E-state index in [1.54, 1.807) is 0 Å². The highest BCUT2D eigenvalue weighted by molar-refractivity contribution is 9.10. The van der Waals surface area contributed by atoms with Crippen molar-refractivity contribution in [2.24, 2.45) is 0 Å². The van der Waals surface area contributed by atoms with E-state index in [-0.39, 0.29) is 0 Å². The van der Waals surface area contributed by atoms with Crippen LogP contribution in [0, 0.1) is 17.9 Å². The molecule has 4 rings (SSSR count). The first kappa shape index (κ1) is 19.2. The van der Waals surface area contributed by atoms with Gasteiger partial charge in [0.25, 0.3) is 6.54 Å². The van der Waals surface area contributed by atoms with Crippen molar-refractivity contribution in [3.63, 3.8) is 0 Å². The van der Waals surface area contributed by atoms with Crippen LogP contribution in [0.1, 0.15) is 17.5 Å². The standard InChI is InChI=1S/C24H20BrN4/c1-27-13-15-29-22-11-10-21(25)19-8-4-9-20(23(19)22)24(29)17-6-3-7-18(16-17)28(2)14-5-12-26/h3-4,6-11,16H,5,13-15H2,2H3/q+1. The van der Waals surface area contributed by atoms with E-state index in [9.17, 15) is 0 Å². The quantitative estimate of drug-likeness (QED) is 0.379. The average molecular weight is 444 g/mol. The van der Waals surface area contributed by atoms with Gasteiger partial charge in [0.05, 0.1) is 23.4 Å². The highest BCUT2D eigenvalue weighted by Crippen LogP contribution is 2.40. The summed E-state index contributed by atoms with van der Waals surface area (Å²) < 4.78 is 3.35. The summed E-state index contributed by atoms with van der Waals surface area (Å²) in [6.45, 7) is 9.07. The van der Waals surface area contributed by atoms with E-state index >= 15 is 0 Å². The van der Waals surface area contributed by atoms with Crippen LogP contribution in [0.3, 0.4) is 0 Å². The van der Waals surface area contributed by atoms with Crippen molar-refractivity contribution in [2.75, 3.05) is 31.6 Å². The molecule has 0 bridgehead atoms. The number of rotatable bonds is 6. The zero-order chi connectivity index (χ0) is 20.4. The van der Waals surface area contributed by atoms with Gasteiger partial charge in [-0.15, -0.1) is 0 Å². The van der Waals surface area contributed by atoms with Gasteiger partial charge >= 0.3 is 0 Å². The molecule has 3 aromatic rings. The third-order valence-corrected chi connectivity index (χ3v) is 6.03. The molecule has 0 aromatic heterocycles. The van der Waals surface area contributed by atoms with Crippen LogP contribution in [0.5, 0.6) is 0 Å². The minimum atomic E-state index is 0.441. The van der Waals surface area contributed by atoms with Crippen molar-refractivity contribution >= 4 is 43.8 Å². The summed E-state index contributed by atoms with van der Waals surface area (Å²) in [7, 11) is 2.01. The van der Waals surface area contributed by atoms with Gasteiger partial charge in [-0.1, -0.05) is 34.1 Å². The van der Waals surface area contributed by atoms with Crippen molar-refractivity contribution in [1.29, 1.82) is 5.26 Å². The second kappa shape index (κ2) is 8.07. The smallest absolute Gasteiger partial charge is 0.272 e. The Morgan fingerprint density at radius 2 is 2.00 bits per heavy atom. The lowest BCUT2D eigenvalue weighted by molar-refractivity contribution is -0.431. The Labute approximate surface area is 179 Å². The van der Waals surface area contributed by atoms with Gasteiger partial charge in [-0.2, -0.15) is 9.84 Å². The number of benzene rings is 3. The predicted octanol–water partition coefficient (Wildman–Crippen LogP) is 5.37. The topological polar surface area (TPSA) is 34.4 Å². The maximum atomic E-state index is 8.90. The van der Waals surface area contributed by atoms with E-state index in [0.717, 1.165) is 27.1 Å². The van der Waals surface area contributed by atoms with Crippen LogP contribution in [0.25, 0.3) is 15.6 Å². The first-order valence-corrected chi connectivity index (χ1v) is 10.3. The van der Waals surface area contributed by atoms with Crippen LogP contribution < -0.4 is 4.90 Å². The Morgan fingerprint density at radius 1 is 1.17 bits per heavy atom. The zero-order valence-corrected chi connectivity index (χ0v) is 17.8. The summed E-state index contributed by atoms with van der Waals surface area (Å²) in [6, 6.07) is 21.3. The molecule has 142 valence electrons. The molecule has 0 radical (unpaired) electrons. The molecule has 1 aliphatic heterocycles. The molecule has 1 heterocycles. The molecule has 0 saturated carbocycles. The highest BCUT2D eigenvalue weighted by Gasteiger charge is 2.34. The molecular formula is C24H20BrN4+. The van der Waals surface area contributed by atoms with Crippen LogP contribution in [-0.2, 0) is 0 Å². The summed E-state index contributed by atoms with van der Waals surface area (Å²) in [6.07, 6.45) is 0.493. The van der Waals surface area contributed by atoms with E-state index in [1.807, 2.05) is 7.05 Å². The second-order valence-electron chi connectivity index (χ2n) is 7.06. The van der Waals surface area contributed by atoms with Gasteiger partial charge in [0, 0.05) is 40.8 Å². The molecule has 4 nitrogen and oxygen atoms in total. The van der Waals surface area contributed by atoms with Crippen molar-refractivity contribution in [3.8, 4) is 6.07 Å². The van der Waals surface area contributed by atoms with Gasteiger partial charge in [0.15, 0.2) is 0 Å². The fourth-order valence-electron chi connectivity index (χ4n) is 3.97. The summed E-state index contributed by atoms with van der Waals surface area (Å²) in [5, 5.41) is 11.3. The van der Waals surface area contributed by atoms with Gasteiger partial charge in [-0.25, -0.2) is 6.57 Å². The molecule has 0 saturated heterocycles. The van der Waals surface area contributed by atoms with E-state index in [4.69, 9.17) is 11.8 Å². The molecule has 1 aliphatic rings. The largest absolute Gasteiger partial charge is 0.374 e. The molecule has 5 heteroatoms. The lowest BCUT2D eigenvalue weighted by Gasteiger charge is -2.18. The Hall–Kier alpha value is -3.15. The highest BCUT2D eigenvalue weighted by atomic mass is 79.9. The predicted molar refractivity (Wildman–Crippen MR) is 121 cm³/mol. The average Bonchev–Trinajstić information content (AvgIpc) is 3.07. The molecule has 0 amide bonds. The molecular weight excluding hydrogens is 424 g/mol. The number of hydrogen-bond donors (Lipinski definition) is 0. The van der Waals surface area contributed by atoms with Crippen LogP contribution in [0.4, 0.5) is 11.4 Å². The summed E-state index contributed by atoms with van der Waals surface area (Å²) in [5.41, 5.74) is 5.69. The minimum absolute atomic E-state index is 0.441. The normalized spacial score (nSPS) is 12.1. The lowest BCUT2D eigenvalue weighted by Crippen LogP contribution is -2.20. The van der Waals surface area contributed by atoms with Crippen LogP contribution in [-0.4, -0.2) is 37.0 Å². The van der Waals surface area contributed by atoms with Gasteiger partial charge in [-0.05, 0) is 30.3 Å². The Balaban J connectivity index is 1.89. The number of halogens is 1. The maximum absolute atomic E-state index is 8.90. The molecule has 29 heavy (non-hydrogen) atoms. The van der Waals surface area contributed by atoms with Crippen molar-refractivity contribution < 1.29 is 4.58 Å². The fraction of sp³-hybridized carbons (Fsp3) is 0.208. The van der Waals surface area contributed by atoms with Gasteiger partial charge in [-0.3, -0.25) is 0 Å². The first-order valence-electron chi connectivity index (χ1n) is 9.53. The van der Waals surface area contributed by atoms with E-state index in [1.165, 1.54) is 16.3 Å².